The lowest BCUT2D eigenvalue weighted by Crippen LogP contribution is -2.31. The summed E-state index contributed by atoms with van der Waals surface area (Å²) < 4.78 is 19.0. The molecule has 0 spiro atoms. The van der Waals surface area contributed by atoms with Crippen molar-refractivity contribution in [1.29, 1.82) is 0 Å². The highest BCUT2D eigenvalue weighted by atomic mass is 19.1. The molecule has 0 radical (unpaired) electrons. The molecule has 1 N–H and O–H groups in total. The predicted molar refractivity (Wildman–Crippen MR) is 94.2 cm³/mol. The van der Waals surface area contributed by atoms with Crippen molar-refractivity contribution in [2.75, 3.05) is 25.0 Å². The van der Waals surface area contributed by atoms with Gasteiger partial charge in [-0.2, -0.15) is 0 Å². The number of halogens is 1. The summed E-state index contributed by atoms with van der Waals surface area (Å²) in [6.07, 6.45) is 0. The molecule has 0 atom stereocenters. The molecule has 0 saturated heterocycles. The number of ether oxygens (including phenoxy) is 1. The molecule has 0 bridgehead atoms. The molecular formula is C19H21FN2O3. The third-order valence-corrected chi connectivity index (χ3v) is 3.67. The summed E-state index contributed by atoms with van der Waals surface area (Å²) >= 11 is 0. The minimum Gasteiger partial charge on any atom is -0.483 e. The van der Waals surface area contributed by atoms with Crippen LogP contribution in [0.2, 0.25) is 0 Å². The Morgan fingerprint density at radius 2 is 1.68 bits per heavy atom. The van der Waals surface area contributed by atoms with Crippen molar-refractivity contribution < 1.29 is 18.7 Å². The summed E-state index contributed by atoms with van der Waals surface area (Å²) in [4.78, 5) is 26.1. The van der Waals surface area contributed by atoms with Crippen LogP contribution < -0.4 is 10.1 Å². The number of anilines is 1. The van der Waals surface area contributed by atoms with E-state index < -0.39 is 11.7 Å². The van der Waals surface area contributed by atoms with E-state index in [9.17, 15) is 14.0 Å². The average molecular weight is 344 g/mol. The highest BCUT2D eigenvalue weighted by molar-refractivity contribution is 5.97. The van der Waals surface area contributed by atoms with Gasteiger partial charge in [0.15, 0.2) is 6.61 Å². The largest absolute Gasteiger partial charge is 0.483 e. The fourth-order valence-electron chi connectivity index (χ4n) is 2.34. The minimum atomic E-state index is -0.520. The standard InChI is InChI=1S/C19H21FN2O3/c1-3-22(4-2)19(24)14-9-5-8-12-17(14)25-13-18(23)21-16-11-7-6-10-15(16)20/h5-12H,3-4,13H2,1-2H3,(H,21,23). The highest BCUT2D eigenvalue weighted by Gasteiger charge is 2.17. The molecule has 0 heterocycles. The average Bonchev–Trinajstić information content (AvgIpc) is 2.63. The predicted octanol–water partition coefficient (Wildman–Crippen LogP) is 3.33. The van der Waals surface area contributed by atoms with E-state index in [0.717, 1.165) is 0 Å². The van der Waals surface area contributed by atoms with Gasteiger partial charge in [0.2, 0.25) is 0 Å². The normalized spacial score (nSPS) is 10.2. The highest BCUT2D eigenvalue weighted by Crippen LogP contribution is 2.20. The maximum atomic E-state index is 13.5. The first-order chi connectivity index (χ1) is 12.1. The van der Waals surface area contributed by atoms with E-state index in [0.29, 0.717) is 24.4 Å². The molecule has 0 aromatic heterocycles. The second-order valence-electron chi connectivity index (χ2n) is 5.29. The first kappa shape index (κ1) is 18.4. The van der Waals surface area contributed by atoms with Crippen LogP contribution in [-0.4, -0.2) is 36.4 Å². The number of para-hydroxylation sites is 2. The third-order valence-electron chi connectivity index (χ3n) is 3.67. The Morgan fingerprint density at radius 3 is 2.36 bits per heavy atom. The Hall–Kier alpha value is -2.89. The molecule has 2 aromatic rings. The van der Waals surface area contributed by atoms with Gasteiger partial charge in [-0.3, -0.25) is 9.59 Å². The number of hydrogen-bond acceptors (Lipinski definition) is 3. The van der Waals surface area contributed by atoms with Gasteiger partial charge in [-0.1, -0.05) is 24.3 Å². The summed E-state index contributed by atoms with van der Waals surface area (Å²) in [5.41, 5.74) is 0.480. The molecule has 2 rings (SSSR count). The van der Waals surface area contributed by atoms with Gasteiger partial charge in [-0.25, -0.2) is 4.39 Å². The SMILES string of the molecule is CCN(CC)C(=O)c1ccccc1OCC(=O)Nc1ccccc1F. The van der Waals surface area contributed by atoms with E-state index >= 15 is 0 Å². The first-order valence-corrected chi connectivity index (χ1v) is 8.12. The van der Waals surface area contributed by atoms with Crippen LogP contribution >= 0.6 is 0 Å². The third kappa shape index (κ3) is 4.79. The lowest BCUT2D eigenvalue weighted by Gasteiger charge is -2.20. The number of nitrogens with one attached hydrogen (secondary N) is 1. The number of carbonyl (C=O) groups is 2. The zero-order valence-electron chi connectivity index (χ0n) is 14.3. The second-order valence-corrected chi connectivity index (χ2v) is 5.29. The van der Waals surface area contributed by atoms with E-state index in [2.05, 4.69) is 5.32 Å². The Kier molecular flexibility index (Phi) is 6.51. The zero-order valence-corrected chi connectivity index (χ0v) is 14.3. The second kappa shape index (κ2) is 8.82. The first-order valence-electron chi connectivity index (χ1n) is 8.12. The van der Waals surface area contributed by atoms with E-state index in [1.54, 1.807) is 35.2 Å². The van der Waals surface area contributed by atoms with Crippen LogP contribution in [-0.2, 0) is 4.79 Å². The molecule has 2 aromatic carbocycles. The Morgan fingerprint density at radius 1 is 1.04 bits per heavy atom. The Labute approximate surface area is 146 Å². The van der Waals surface area contributed by atoms with E-state index in [4.69, 9.17) is 4.74 Å². The number of rotatable bonds is 7. The molecule has 0 aliphatic carbocycles. The summed E-state index contributed by atoms with van der Waals surface area (Å²) in [7, 11) is 0. The summed E-state index contributed by atoms with van der Waals surface area (Å²) in [5.74, 6) is -0.860. The quantitative estimate of drug-likeness (QED) is 0.838. The van der Waals surface area contributed by atoms with Gasteiger partial charge in [0.05, 0.1) is 11.3 Å². The molecule has 0 aliphatic heterocycles. The number of benzene rings is 2. The van der Waals surface area contributed by atoms with Gasteiger partial charge >= 0.3 is 0 Å². The van der Waals surface area contributed by atoms with Gasteiger partial charge in [-0.15, -0.1) is 0 Å². The minimum absolute atomic E-state index is 0.0867. The zero-order chi connectivity index (χ0) is 18.2. The molecule has 2 amide bonds. The van der Waals surface area contributed by atoms with Gasteiger partial charge in [0.25, 0.3) is 11.8 Å². The summed E-state index contributed by atoms with van der Waals surface area (Å²) in [6, 6.07) is 12.6. The summed E-state index contributed by atoms with van der Waals surface area (Å²) in [6.45, 7) is 4.63. The van der Waals surface area contributed by atoms with Crippen molar-refractivity contribution in [3.8, 4) is 5.75 Å². The number of carbonyl (C=O) groups excluding carboxylic acids is 2. The molecule has 0 saturated carbocycles. The van der Waals surface area contributed by atoms with Gasteiger partial charge in [0.1, 0.15) is 11.6 Å². The molecule has 25 heavy (non-hydrogen) atoms. The van der Waals surface area contributed by atoms with Crippen molar-refractivity contribution >= 4 is 17.5 Å². The maximum Gasteiger partial charge on any atom is 0.262 e. The van der Waals surface area contributed by atoms with Crippen LogP contribution in [0.4, 0.5) is 10.1 Å². The van der Waals surface area contributed by atoms with Crippen molar-refractivity contribution in [2.24, 2.45) is 0 Å². The summed E-state index contributed by atoms with van der Waals surface area (Å²) in [5, 5.41) is 2.44. The lowest BCUT2D eigenvalue weighted by atomic mass is 10.1. The number of hydrogen-bond donors (Lipinski definition) is 1. The van der Waals surface area contributed by atoms with E-state index in [1.807, 2.05) is 13.8 Å². The van der Waals surface area contributed by atoms with Crippen molar-refractivity contribution in [3.05, 3.63) is 59.9 Å². The van der Waals surface area contributed by atoms with E-state index in [1.165, 1.54) is 18.2 Å². The lowest BCUT2D eigenvalue weighted by molar-refractivity contribution is -0.118. The Bertz CT molecular complexity index is 745. The molecule has 0 aliphatic rings. The van der Waals surface area contributed by atoms with Crippen LogP contribution in [0.1, 0.15) is 24.2 Å². The monoisotopic (exact) mass is 344 g/mol. The fraction of sp³-hybridized carbons (Fsp3) is 0.263. The molecule has 6 heteroatoms. The van der Waals surface area contributed by atoms with Gasteiger partial charge in [-0.05, 0) is 38.1 Å². The molecule has 132 valence electrons. The van der Waals surface area contributed by atoms with Crippen LogP contribution in [0.3, 0.4) is 0 Å². The Balaban J connectivity index is 2.05. The number of nitrogens with zero attached hydrogens (tertiary/aromatic N) is 1. The smallest absolute Gasteiger partial charge is 0.262 e. The van der Waals surface area contributed by atoms with Crippen LogP contribution in [0, 0.1) is 5.82 Å². The van der Waals surface area contributed by atoms with E-state index in [-0.39, 0.29) is 18.2 Å². The molecular weight excluding hydrogens is 323 g/mol. The van der Waals surface area contributed by atoms with Gasteiger partial charge in [0, 0.05) is 13.1 Å². The van der Waals surface area contributed by atoms with Crippen molar-refractivity contribution in [3.63, 3.8) is 0 Å². The van der Waals surface area contributed by atoms with Gasteiger partial charge < -0.3 is 15.0 Å². The number of amides is 2. The van der Waals surface area contributed by atoms with Crippen LogP contribution in [0.25, 0.3) is 0 Å². The van der Waals surface area contributed by atoms with Crippen molar-refractivity contribution in [1.82, 2.24) is 4.90 Å². The maximum absolute atomic E-state index is 13.5. The van der Waals surface area contributed by atoms with Crippen LogP contribution in [0.15, 0.2) is 48.5 Å². The molecule has 0 fully saturated rings. The van der Waals surface area contributed by atoms with Crippen molar-refractivity contribution in [2.45, 2.75) is 13.8 Å². The van der Waals surface area contributed by atoms with Crippen LogP contribution in [0.5, 0.6) is 5.75 Å². The topological polar surface area (TPSA) is 58.6 Å². The molecule has 5 nitrogen and oxygen atoms in total. The molecule has 0 unspecified atom stereocenters. The fourth-order valence-corrected chi connectivity index (χ4v) is 2.34.